The van der Waals surface area contributed by atoms with E-state index in [9.17, 15) is 9.59 Å². The fourth-order valence-electron chi connectivity index (χ4n) is 5.01. The molecule has 2 atom stereocenters. The fraction of sp³-hybridized carbons (Fsp3) is 0.652. The number of ether oxygens (including phenoxy) is 2. The molecule has 0 aromatic heterocycles. The third kappa shape index (κ3) is 5.03. The van der Waals surface area contributed by atoms with E-state index >= 15 is 0 Å². The van der Waals surface area contributed by atoms with Crippen LogP contribution in [0.3, 0.4) is 0 Å². The van der Waals surface area contributed by atoms with Crippen molar-refractivity contribution in [1.29, 1.82) is 0 Å². The lowest BCUT2D eigenvalue weighted by Crippen LogP contribution is -2.49. The maximum atomic E-state index is 12.7. The van der Waals surface area contributed by atoms with Crippen LogP contribution in [0.25, 0.3) is 0 Å². The van der Waals surface area contributed by atoms with Gasteiger partial charge in [-0.2, -0.15) is 0 Å². The summed E-state index contributed by atoms with van der Waals surface area (Å²) in [5.74, 6) is 2.52. The van der Waals surface area contributed by atoms with E-state index < -0.39 is 0 Å². The van der Waals surface area contributed by atoms with Gasteiger partial charge in [0.2, 0.25) is 18.6 Å². The Morgan fingerprint density at radius 1 is 1.03 bits per heavy atom. The lowest BCUT2D eigenvalue weighted by molar-refractivity contribution is -0.137. The Morgan fingerprint density at radius 3 is 2.79 bits per heavy atom. The number of rotatable bonds is 7. The van der Waals surface area contributed by atoms with Gasteiger partial charge in [0, 0.05) is 32.0 Å². The molecule has 29 heavy (non-hydrogen) atoms. The van der Waals surface area contributed by atoms with Crippen LogP contribution in [-0.4, -0.2) is 42.6 Å². The summed E-state index contributed by atoms with van der Waals surface area (Å²) in [4.78, 5) is 27.0. The topological polar surface area (TPSA) is 67.9 Å². The van der Waals surface area contributed by atoms with E-state index in [0.717, 1.165) is 42.9 Å². The number of nitrogens with zero attached hydrogens (tertiary/aromatic N) is 1. The average molecular weight is 401 g/mol. The molecule has 1 aromatic carbocycles. The molecule has 0 spiro atoms. The van der Waals surface area contributed by atoms with Gasteiger partial charge < -0.3 is 19.7 Å². The summed E-state index contributed by atoms with van der Waals surface area (Å²) < 4.78 is 10.7. The van der Waals surface area contributed by atoms with Gasteiger partial charge in [0.25, 0.3) is 0 Å². The predicted molar refractivity (Wildman–Crippen MR) is 110 cm³/mol. The molecule has 158 valence electrons. The van der Waals surface area contributed by atoms with Gasteiger partial charge in [0.1, 0.15) is 0 Å². The number of piperidine rings is 1. The molecule has 1 aromatic rings. The highest BCUT2D eigenvalue weighted by Crippen LogP contribution is 2.35. The number of likely N-dealkylation sites (tertiary alicyclic amines) is 1. The third-order valence-electron chi connectivity index (χ3n) is 6.53. The maximum absolute atomic E-state index is 12.7. The highest BCUT2D eigenvalue weighted by Gasteiger charge is 2.35. The van der Waals surface area contributed by atoms with Crippen molar-refractivity contribution in [2.45, 2.75) is 70.3 Å². The summed E-state index contributed by atoms with van der Waals surface area (Å²) in [6.45, 7) is 1.76. The number of fused-ring (bicyclic) bond motifs is 2. The van der Waals surface area contributed by atoms with Crippen molar-refractivity contribution in [3.8, 4) is 11.5 Å². The lowest BCUT2D eigenvalue weighted by atomic mass is 9.78. The molecule has 1 saturated heterocycles. The van der Waals surface area contributed by atoms with Crippen molar-refractivity contribution in [2.24, 2.45) is 5.92 Å². The first-order chi connectivity index (χ1) is 14.2. The van der Waals surface area contributed by atoms with Crippen LogP contribution < -0.4 is 14.8 Å². The number of hydrogen-bond acceptors (Lipinski definition) is 4. The molecule has 3 aliphatic rings. The minimum Gasteiger partial charge on any atom is -0.454 e. The summed E-state index contributed by atoms with van der Waals surface area (Å²) >= 11 is 0. The molecule has 6 heteroatoms. The van der Waals surface area contributed by atoms with Crippen LogP contribution in [0.5, 0.6) is 11.5 Å². The standard InChI is InChI=1S/C23H32N2O4/c26-22(24-13-12-17-10-11-20-21(15-17)29-16-28-20)8-3-9-23(27)25-14-4-6-18-5-1-2-7-19(18)25/h10-11,15,18-19H,1-9,12-14,16H2,(H,24,26). The molecule has 2 unspecified atom stereocenters. The molecule has 1 aliphatic carbocycles. The SMILES string of the molecule is O=C(CCCC(=O)N1CCCC2CCCCC21)NCCc1ccc2c(c1)OCO2. The Hall–Kier alpha value is -2.24. The van der Waals surface area contributed by atoms with E-state index in [1.165, 1.54) is 25.7 Å². The first-order valence-corrected chi connectivity index (χ1v) is 11.2. The highest BCUT2D eigenvalue weighted by molar-refractivity contribution is 5.79. The second-order valence-electron chi connectivity index (χ2n) is 8.48. The van der Waals surface area contributed by atoms with Crippen molar-refractivity contribution in [3.63, 3.8) is 0 Å². The molecule has 1 N–H and O–H groups in total. The first-order valence-electron chi connectivity index (χ1n) is 11.2. The van der Waals surface area contributed by atoms with Crippen LogP contribution in [0.2, 0.25) is 0 Å². The van der Waals surface area contributed by atoms with Crippen LogP contribution in [-0.2, 0) is 16.0 Å². The molecular weight excluding hydrogens is 368 g/mol. The number of hydrogen-bond donors (Lipinski definition) is 1. The smallest absolute Gasteiger partial charge is 0.231 e. The largest absolute Gasteiger partial charge is 0.454 e. The van der Waals surface area contributed by atoms with Crippen molar-refractivity contribution in [2.75, 3.05) is 19.9 Å². The molecule has 1 saturated carbocycles. The van der Waals surface area contributed by atoms with Gasteiger partial charge in [-0.15, -0.1) is 0 Å². The van der Waals surface area contributed by atoms with Crippen LogP contribution in [0, 0.1) is 5.92 Å². The quantitative estimate of drug-likeness (QED) is 0.761. The zero-order chi connectivity index (χ0) is 20.1. The number of benzene rings is 1. The van der Waals surface area contributed by atoms with E-state index in [2.05, 4.69) is 10.2 Å². The second-order valence-corrected chi connectivity index (χ2v) is 8.48. The fourth-order valence-corrected chi connectivity index (χ4v) is 5.01. The monoisotopic (exact) mass is 400 g/mol. The number of carbonyl (C=O) groups is 2. The van der Waals surface area contributed by atoms with E-state index in [0.29, 0.717) is 37.8 Å². The zero-order valence-corrected chi connectivity index (χ0v) is 17.2. The van der Waals surface area contributed by atoms with E-state index in [1.54, 1.807) is 0 Å². The third-order valence-corrected chi connectivity index (χ3v) is 6.53. The van der Waals surface area contributed by atoms with Gasteiger partial charge in [-0.25, -0.2) is 0 Å². The van der Waals surface area contributed by atoms with Crippen molar-refractivity contribution < 1.29 is 19.1 Å². The summed E-state index contributed by atoms with van der Waals surface area (Å²) in [6.07, 6.45) is 9.69. The summed E-state index contributed by atoms with van der Waals surface area (Å²) in [5.41, 5.74) is 1.11. The molecule has 6 nitrogen and oxygen atoms in total. The van der Waals surface area contributed by atoms with Gasteiger partial charge in [-0.05, 0) is 62.1 Å². The predicted octanol–water partition coefficient (Wildman–Crippen LogP) is 3.43. The molecule has 4 rings (SSSR count). The Balaban J connectivity index is 1.14. The van der Waals surface area contributed by atoms with Crippen molar-refractivity contribution >= 4 is 11.8 Å². The van der Waals surface area contributed by atoms with Crippen LogP contribution in [0.1, 0.15) is 63.4 Å². The number of nitrogens with one attached hydrogen (secondary N) is 1. The van der Waals surface area contributed by atoms with E-state index in [1.807, 2.05) is 18.2 Å². The highest BCUT2D eigenvalue weighted by atomic mass is 16.7. The normalized spacial score (nSPS) is 22.8. The van der Waals surface area contributed by atoms with Gasteiger partial charge in [0.05, 0.1) is 0 Å². The molecule has 2 amide bonds. The molecule has 2 fully saturated rings. The molecule has 2 aliphatic heterocycles. The lowest BCUT2D eigenvalue weighted by Gasteiger charge is -2.44. The van der Waals surface area contributed by atoms with Crippen LogP contribution >= 0.6 is 0 Å². The van der Waals surface area contributed by atoms with Gasteiger partial charge >= 0.3 is 0 Å². The first kappa shape index (κ1) is 20.0. The average Bonchev–Trinajstić information content (AvgIpc) is 3.21. The van der Waals surface area contributed by atoms with Crippen molar-refractivity contribution in [1.82, 2.24) is 10.2 Å². The van der Waals surface area contributed by atoms with Gasteiger partial charge in [-0.3, -0.25) is 9.59 Å². The van der Waals surface area contributed by atoms with Crippen LogP contribution in [0.15, 0.2) is 18.2 Å². The maximum Gasteiger partial charge on any atom is 0.231 e. The Morgan fingerprint density at radius 2 is 1.86 bits per heavy atom. The Kier molecular flexibility index (Phi) is 6.57. The van der Waals surface area contributed by atoms with E-state index in [-0.39, 0.29) is 18.6 Å². The van der Waals surface area contributed by atoms with E-state index in [4.69, 9.17) is 9.47 Å². The number of carbonyl (C=O) groups excluding carboxylic acids is 2. The minimum absolute atomic E-state index is 0.0210. The summed E-state index contributed by atoms with van der Waals surface area (Å²) in [6, 6.07) is 6.32. The Labute approximate surface area is 172 Å². The second kappa shape index (κ2) is 9.51. The summed E-state index contributed by atoms with van der Waals surface area (Å²) in [7, 11) is 0. The van der Waals surface area contributed by atoms with Crippen molar-refractivity contribution in [3.05, 3.63) is 23.8 Å². The van der Waals surface area contributed by atoms with Gasteiger partial charge in [-0.1, -0.05) is 18.9 Å². The molecule has 0 bridgehead atoms. The Bertz CT molecular complexity index is 734. The zero-order valence-electron chi connectivity index (χ0n) is 17.2. The molecule has 0 radical (unpaired) electrons. The number of amides is 2. The molecular formula is C23H32N2O4. The van der Waals surface area contributed by atoms with Gasteiger partial charge in [0.15, 0.2) is 11.5 Å². The summed E-state index contributed by atoms with van der Waals surface area (Å²) in [5, 5.41) is 2.96. The minimum atomic E-state index is 0.0210. The molecule has 2 heterocycles. The van der Waals surface area contributed by atoms with Crippen LogP contribution in [0.4, 0.5) is 0 Å².